The fraction of sp³-hybridized carbons (Fsp3) is 0.450. The van der Waals surface area contributed by atoms with Crippen molar-refractivity contribution in [2.45, 2.75) is 44.7 Å². The Labute approximate surface area is 152 Å². The van der Waals surface area contributed by atoms with Crippen LogP contribution in [0.25, 0.3) is 0 Å². The Morgan fingerprint density at radius 1 is 1.32 bits per heavy atom. The standard InChI is InChI=1S/C20H25FN2OS/c1-2-17-6-3-4-12-23(17)14-19(24)22-20(18-7-5-13-25-18)15-8-10-16(21)11-9-15/h5,7-11,13,17,20H,2-4,6,12,14H2,1H3,(H,22,24). The van der Waals surface area contributed by atoms with E-state index in [1.807, 2.05) is 17.5 Å². The number of halogens is 1. The average Bonchev–Trinajstić information content (AvgIpc) is 3.15. The van der Waals surface area contributed by atoms with Gasteiger partial charge in [-0.15, -0.1) is 11.3 Å². The fourth-order valence-electron chi connectivity index (χ4n) is 3.55. The number of hydrogen-bond donors (Lipinski definition) is 1. The number of carbonyl (C=O) groups is 1. The number of amides is 1. The van der Waals surface area contributed by atoms with Crippen molar-refractivity contribution < 1.29 is 9.18 Å². The second kappa shape index (κ2) is 8.59. The molecule has 1 fully saturated rings. The zero-order chi connectivity index (χ0) is 17.6. The Hall–Kier alpha value is -1.72. The van der Waals surface area contributed by atoms with Gasteiger partial charge in [-0.1, -0.05) is 31.5 Å². The van der Waals surface area contributed by atoms with E-state index in [1.54, 1.807) is 23.5 Å². The smallest absolute Gasteiger partial charge is 0.234 e. The van der Waals surface area contributed by atoms with Crippen molar-refractivity contribution in [2.75, 3.05) is 13.1 Å². The largest absolute Gasteiger partial charge is 0.343 e. The molecule has 25 heavy (non-hydrogen) atoms. The van der Waals surface area contributed by atoms with E-state index < -0.39 is 0 Å². The van der Waals surface area contributed by atoms with Gasteiger partial charge in [-0.3, -0.25) is 9.69 Å². The van der Waals surface area contributed by atoms with E-state index in [1.165, 1.54) is 25.0 Å². The minimum Gasteiger partial charge on any atom is -0.343 e. The van der Waals surface area contributed by atoms with Crippen LogP contribution in [0.15, 0.2) is 41.8 Å². The van der Waals surface area contributed by atoms with Crippen LogP contribution in [0, 0.1) is 5.82 Å². The fourth-order valence-corrected chi connectivity index (χ4v) is 4.35. The first-order chi connectivity index (χ1) is 12.2. The monoisotopic (exact) mass is 360 g/mol. The highest BCUT2D eigenvalue weighted by Crippen LogP contribution is 2.26. The van der Waals surface area contributed by atoms with Crippen LogP contribution in [0.3, 0.4) is 0 Å². The highest BCUT2D eigenvalue weighted by atomic mass is 32.1. The summed E-state index contributed by atoms with van der Waals surface area (Å²) in [6, 6.07) is 10.6. The number of nitrogens with one attached hydrogen (secondary N) is 1. The van der Waals surface area contributed by atoms with Gasteiger partial charge in [0.25, 0.3) is 0 Å². The molecule has 1 aromatic carbocycles. The van der Waals surface area contributed by atoms with Crippen LogP contribution < -0.4 is 5.32 Å². The summed E-state index contributed by atoms with van der Waals surface area (Å²) in [6.45, 7) is 3.61. The summed E-state index contributed by atoms with van der Waals surface area (Å²) < 4.78 is 13.3. The highest BCUT2D eigenvalue weighted by Gasteiger charge is 2.24. The molecule has 0 spiro atoms. The van der Waals surface area contributed by atoms with E-state index >= 15 is 0 Å². The van der Waals surface area contributed by atoms with E-state index in [9.17, 15) is 9.18 Å². The number of rotatable bonds is 6. The first-order valence-corrected chi connectivity index (χ1v) is 9.87. The summed E-state index contributed by atoms with van der Waals surface area (Å²) in [6.07, 6.45) is 4.68. The lowest BCUT2D eigenvalue weighted by Gasteiger charge is -2.35. The molecular weight excluding hydrogens is 335 g/mol. The van der Waals surface area contributed by atoms with Crippen LogP contribution in [0.4, 0.5) is 4.39 Å². The highest BCUT2D eigenvalue weighted by molar-refractivity contribution is 7.10. The number of benzene rings is 1. The molecule has 0 aliphatic carbocycles. The number of carbonyl (C=O) groups excluding carboxylic acids is 1. The van der Waals surface area contributed by atoms with E-state index in [2.05, 4.69) is 17.1 Å². The maximum Gasteiger partial charge on any atom is 0.234 e. The van der Waals surface area contributed by atoms with Crippen molar-refractivity contribution in [3.8, 4) is 0 Å². The van der Waals surface area contributed by atoms with Gasteiger partial charge < -0.3 is 5.32 Å². The SMILES string of the molecule is CCC1CCCCN1CC(=O)NC(c1ccc(F)cc1)c1cccs1. The molecule has 2 atom stereocenters. The lowest BCUT2D eigenvalue weighted by Crippen LogP contribution is -2.46. The molecule has 1 amide bonds. The molecule has 134 valence electrons. The molecule has 2 unspecified atom stereocenters. The molecular formula is C20H25FN2OS. The van der Waals surface area contributed by atoms with Crippen LogP contribution in [-0.2, 0) is 4.79 Å². The van der Waals surface area contributed by atoms with Crippen molar-refractivity contribution in [3.05, 3.63) is 58.0 Å². The van der Waals surface area contributed by atoms with Gasteiger partial charge in [0.15, 0.2) is 0 Å². The molecule has 2 aromatic rings. The average molecular weight is 360 g/mol. The Bertz CT molecular complexity index is 672. The molecule has 0 saturated carbocycles. The number of thiophene rings is 1. The minimum atomic E-state index is -0.265. The van der Waals surface area contributed by atoms with Crippen molar-refractivity contribution in [1.82, 2.24) is 10.2 Å². The quantitative estimate of drug-likeness (QED) is 0.830. The van der Waals surface area contributed by atoms with Gasteiger partial charge in [0, 0.05) is 10.9 Å². The van der Waals surface area contributed by atoms with Crippen LogP contribution in [0.1, 0.15) is 49.1 Å². The van der Waals surface area contributed by atoms with Crippen LogP contribution in [0.2, 0.25) is 0 Å². The van der Waals surface area contributed by atoms with Gasteiger partial charge in [-0.2, -0.15) is 0 Å². The zero-order valence-electron chi connectivity index (χ0n) is 14.6. The predicted molar refractivity (Wildman–Crippen MR) is 100 cm³/mol. The van der Waals surface area contributed by atoms with Gasteiger partial charge >= 0.3 is 0 Å². The topological polar surface area (TPSA) is 32.3 Å². The van der Waals surface area contributed by atoms with E-state index in [0.29, 0.717) is 12.6 Å². The Kier molecular flexibility index (Phi) is 6.21. The lowest BCUT2D eigenvalue weighted by molar-refractivity contribution is -0.123. The van der Waals surface area contributed by atoms with E-state index in [0.717, 1.165) is 29.8 Å². The number of piperidine rings is 1. The van der Waals surface area contributed by atoms with E-state index in [-0.39, 0.29) is 17.8 Å². The molecule has 3 nitrogen and oxygen atoms in total. The predicted octanol–water partition coefficient (Wildman–Crippen LogP) is 4.36. The van der Waals surface area contributed by atoms with Crippen molar-refractivity contribution in [2.24, 2.45) is 0 Å². The Balaban J connectivity index is 1.71. The second-order valence-corrected chi connectivity index (χ2v) is 7.58. The van der Waals surface area contributed by atoms with Gasteiger partial charge in [0.2, 0.25) is 5.91 Å². The Morgan fingerprint density at radius 3 is 2.80 bits per heavy atom. The molecule has 3 rings (SSSR count). The molecule has 1 aliphatic rings. The third-order valence-corrected chi connectivity index (χ3v) is 5.84. The summed E-state index contributed by atoms with van der Waals surface area (Å²) in [4.78, 5) is 16.1. The Morgan fingerprint density at radius 2 is 2.12 bits per heavy atom. The summed E-state index contributed by atoms with van der Waals surface area (Å²) in [5.41, 5.74) is 0.905. The second-order valence-electron chi connectivity index (χ2n) is 6.60. The number of nitrogens with zero attached hydrogens (tertiary/aromatic N) is 1. The van der Waals surface area contributed by atoms with Crippen LogP contribution in [0.5, 0.6) is 0 Å². The van der Waals surface area contributed by atoms with Crippen molar-refractivity contribution in [1.29, 1.82) is 0 Å². The zero-order valence-corrected chi connectivity index (χ0v) is 15.4. The molecule has 5 heteroatoms. The minimum absolute atomic E-state index is 0.0306. The number of hydrogen-bond acceptors (Lipinski definition) is 3. The summed E-state index contributed by atoms with van der Waals surface area (Å²) in [5.74, 6) is -0.234. The third-order valence-electron chi connectivity index (χ3n) is 4.90. The van der Waals surface area contributed by atoms with Crippen LogP contribution in [-0.4, -0.2) is 29.9 Å². The van der Waals surface area contributed by atoms with Gasteiger partial charge in [-0.25, -0.2) is 4.39 Å². The van der Waals surface area contributed by atoms with Gasteiger partial charge in [-0.05, 0) is 54.9 Å². The molecule has 2 heterocycles. The maximum absolute atomic E-state index is 13.3. The molecule has 0 radical (unpaired) electrons. The van der Waals surface area contributed by atoms with Crippen LogP contribution >= 0.6 is 11.3 Å². The first-order valence-electron chi connectivity index (χ1n) is 8.99. The first kappa shape index (κ1) is 18.1. The maximum atomic E-state index is 13.3. The van der Waals surface area contributed by atoms with Crippen molar-refractivity contribution >= 4 is 17.2 Å². The lowest BCUT2D eigenvalue weighted by atomic mass is 10.00. The van der Waals surface area contributed by atoms with Gasteiger partial charge in [0.1, 0.15) is 5.82 Å². The molecule has 1 aromatic heterocycles. The third kappa shape index (κ3) is 4.67. The summed E-state index contributed by atoms with van der Waals surface area (Å²) >= 11 is 1.60. The molecule has 1 saturated heterocycles. The number of likely N-dealkylation sites (tertiary alicyclic amines) is 1. The molecule has 0 bridgehead atoms. The van der Waals surface area contributed by atoms with Gasteiger partial charge in [0.05, 0.1) is 12.6 Å². The molecule has 1 N–H and O–H groups in total. The van der Waals surface area contributed by atoms with Crippen molar-refractivity contribution in [3.63, 3.8) is 0 Å². The molecule has 1 aliphatic heterocycles. The summed E-state index contributed by atoms with van der Waals surface area (Å²) in [5, 5.41) is 5.15. The van der Waals surface area contributed by atoms with E-state index in [4.69, 9.17) is 0 Å². The summed E-state index contributed by atoms with van der Waals surface area (Å²) in [7, 11) is 0. The normalized spacial score (nSPS) is 19.5.